The normalized spacial score (nSPS) is 11.4. The summed E-state index contributed by atoms with van der Waals surface area (Å²) >= 11 is 0. The molecular formula is C23H24N2O5. The van der Waals surface area contributed by atoms with Crippen molar-refractivity contribution in [2.24, 2.45) is 0 Å². The average Bonchev–Trinajstić information content (AvgIpc) is 2.79. The van der Waals surface area contributed by atoms with Crippen LogP contribution >= 0.6 is 0 Å². The third-order valence-corrected chi connectivity index (χ3v) is 4.21. The van der Waals surface area contributed by atoms with Gasteiger partial charge in [0.15, 0.2) is 24.7 Å². The number of carbonyl (C=O) groups excluding carboxylic acids is 2. The van der Waals surface area contributed by atoms with Gasteiger partial charge in [0.1, 0.15) is 6.07 Å². The minimum absolute atomic E-state index is 0.0932. The lowest BCUT2D eigenvalue weighted by Gasteiger charge is -2.12. The Hall–Kier alpha value is -3.79. The first kappa shape index (κ1) is 22.5. The van der Waals surface area contributed by atoms with Gasteiger partial charge in [0, 0.05) is 12.6 Å². The molecule has 0 radical (unpaired) electrons. The molecule has 0 aromatic heterocycles. The summed E-state index contributed by atoms with van der Waals surface area (Å²) in [4.78, 5) is 23.8. The van der Waals surface area contributed by atoms with E-state index < -0.39 is 5.97 Å². The second-order valence-corrected chi connectivity index (χ2v) is 6.41. The van der Waals surface area contributed by atoms with Crippen molar-refractivity contribution >= 4 is 18.0 Å². The molecule has 1 amide bonds. The Labute approximate surface area is 175 Å². The Morgan fingerprint density at radius 3 is 2.63 bits per heavy atom. The molecule has 0 bridgehead atoms. The van der Waals surface area contributed by atoms with Crippen LogP contribution in [0.1, 0.15) is 24.0 Å². The molecule has 0 spiro atoms. The van der Waals surface area contributed by atoms with Crippen LogP contribution in [0.5, 0.6) is 11.5 Å². The maximum Gasteiger partial charge on any atom is 0.331 e. The molecule has 0 aliphatic rings. The van der Waals surface area contributed by atoms with Crippen LogP contribution in [0.3, 0.4) is 0 Å². The van der Waals surface area contributed by atoms with Gasteiger partial charge in [0.25, 0.3) is 5.91 Å². The molecule has 0 saturated heterocycles. The van der Waals surface area contributed by atoms with Crippen molar-refractivity contribution in [1.82, 2.24) is 5.32 Å². The van der Waals surface area contributed by atoms with Crippen LogP contribution in [0.15, 0.2) is 54.6 Å². The first-order valence-electron chi connectivity index (χ1n) is 9.37. The summed E-state index contributed by atoms with van der Waals surface area (Å²) in [5.41, 5.74) is 1.80. The molecule has 30 heavy (non-hydrogen) atoms. The predicted molar refractivity (Wildman–Crippen MR) is 112 cm³/mol. The summed E-state index contributed by atoms with van der Waals surface area (Å²) in [5.74, 6) is 0.0268. The molecule has 0 aliphatic carbocycles. The molecule has 0 heterocycles. The van der Waals surface area contributed by atoms with Gasteiger partial charge in [-0.2, -0.15) is 5.26 Å². The van der Waals surface area contributed by atoms with Crippen LogP contribution < -0.4 is 14.8 Å². The van der Waals surface area contributed by atoms with Crippen molar-refractivity contribution in [2.45, 2.75) is 12.8 Å². The second-order valence-electron chi connectivity index (χ2n) is 6.41. The largest absolute Gasteiger partial charge is 0.493 e. The zero-order valence-corrected chi connectivity index (χ0v) is 17.0. The minimum atomic E-state index is -0.634. The van der Waals surface area contributed by atoms with E-state index in [1.54, 1.807) is 18.2 Å². The van der Waals surface area contributed by atoms with Crippen LogP contribution in [-0.4, -0.2) is 38.7 Å². The average molecular weight is 408 g/mol. The number of esters is 1. The fourth-order valence-electron chi connectivity index (χ4n) is 2.58. The van der Waals surface area contributed by atoms with Crippen molar-refractivity contribution in [3.05, 3.63) is 65.7 Å². The number of nitriles is 1. The molecular weight excluding hydrogens is 384 g/mol. The number of ether oxygens (including phenoxy) is 3. The van der Waals surface area contributed by atoms with Gasteiger partial charge in [0.05, 0.1) is 7.11 Å². The molecule has 0 aliphatic heterocycles. The van der Waals surface area contributed by atoms with Crippen molar-refractivity contribution in [3.63, 3.8) is 0 Å². The van der Waals surface area contributed by atoms with Crippen LogP contribution in [0.2, 0.25) is 0 Å². The number of nitrogens with zero attached hydrogens (tertiary/aromatic N) is 1. The van der Waals surface area contributed by atoms with Gasteiger partial charge >= 0.3 is 5.97 Å². The lowest BCUT2D eigenvalue weighted by molar-refractivity contribution is -0.143. The van der Waals surface area contributed by atoms with Crippen molar-refractivity contribution in [1.29, 1.82) is 5.26 Å². The van der Waals surface area contributed by atoms with Gasteiger partial charge in [-0.05, 0) is 35.3 Å². The van der Waals surface area contributed by atoms with Crippen molar-refractivity contribution in [2.75, 3.05) is 26.9 Å². The molecule has 7 nitrogen and oxygen atoms in total. The van der Waals surface area contributed by atoms with Crippen LogP contribution in [-0.2, 0) is 14.3 Å². The minimum Gasteiger partial charge on any atom is -0.493 e. The number of rotatable bonds is 10. The van der Waals surface area contributed by atoms with Gasteiger partial charge in [-0.1, -0.05) is 43.3 Å². The van der Waals surface area contributed by atoms with Gasteiger partial charge in [0.2, 0.25) is 0 Å². The SMILES string of the molecule is COc1cc(/C=C/C(=O)OCC(=O)NC[C@@H](C)c2ccccc2)ccc1OCC#N. The highest BCUT2D eigenvalue weighted by Crippen LogP contribution is 2.28. The first-order chi connectivity index (χ1) is 14.5. The van der Waals surface area contributed by atoms with E-state index in [2.05, 4.69) is 5.32 Å². The first-order valence-corrected chi connectivity index (χ1v) is 9.37. The van der Waals surface area contributed by atoms with Crippen LogP contribution in [0.25, 0.3) is 6.08 Å². The van der Waals surface area contributed by atoms with Gasteiger partial charge in [-0.15, -0.1) is 0 Å². The number of benzene rings is 2. The van der Waals surface area contributed by atoms with E-state index in [0.717, 1.165) is 5.56 Å². The second kappa shape index (κ2) is 11.9. The molecule has 156 valence electrons. The highest BCUT2D eigenvalue weighted by atomic mass is 16.5. The van der Waals surface area contributed by atoms with E-state index in [9.17, 15) is 9.59 Å². The monoisotopic (exact) mass is 408 g/mol. The van der Waals surface area contributed by atoms with Gasteiger partial charge in [-0.25, -0.2) is 4.79 Å². The number of nitrogens with one attached hydrogen (secondary N) is 1. The third kappa shape index (κ3) is 7.32. The summed E-state index contributed by atoms with van der Waals surface area (Å²) in [6.45, 7) is 2.02. The zero-order valence-electron chi connectivity index (χ0n) is 17.0. The molecule has 1 N–H and O–H groups in total. The van der Waals surface area contributed by atoms with E-state index in [4.69, 9.17) is 19.5 Å². The molecule has 0 fully saturated rings. The van der Waals surface area contributed by atoms with E-state index in [1.807, 2.05) is 43.3 Å². The predicted octanol–water partition coefficient (Wildman–Crippen LogP) is 3.07. The summed E-state index contributed by atoms with van der Waals surface area (Å²) in [6.07, 6.45) is 2.76. The third-order valence-electron chi connectivity index (χ3n) is 4.21. The maximum atomic E-state index is 11.9. The molecule has 0 unspecified atom stereocenters. The van der Waals surface area contributed by atoms with Crippen molar-refractivity contribution < 1.29 is 23.8 Å². The number of amides is 1. The topological polar surface area (TPSA) is 97.7 Å². The summed E-state index contributed by atoms with van der Waals surface area (Å²) < 4.78 is 15.4. The van der Waals surface area contributed by atoms with Crippen LogP contribution in [0, 0.1) is 11.3 Å². The standard InChI is InChI=1S/C23H24N2O5/c1-17(19-6-4-3-5-7-19)15-25-22(26)16-30-23(27)11-9-18-8-10-20(29-13-12-24)21(14-18)28-2/h3-11,14,17H,13,15-16H2,1-2H3,(H,25,26)/b11-9+/t17-/m1/s1. The Bertz CT molecular complexity index is 919. The van der Waals surface area contributed by atoms with E-state index >= 15 is 0 Å². The molecule has 2 aromatic carbocycles. The Morgan fingerprint density at radius 1 is 1.17 bits per heavy atom. The summed E-state index contributed by atoms with van der Waals surface area (Å²) in [5, 5.41) is 11.3. The summed E-state index contributed by atoms with van der Waals surface area (Å²) in [7, 11) is 1.48. The lowest BCUT2D eigenvalue weighted by atomic mass is 10.0. The van der Waals surface area contributed by atoms with Crippen molar-refractivity contribution in [3.8, 4) is 17.6 Å². The number of carbonyl (C=O) groups is 2. The van der Waals surface area contributed by atoms with Gasteiger partial charge < -0.3 is 19.5 Å². The van der Waals surface area contributed by atoms with E-state index in [1.165, 1.54) is 19.3 Å². The highest BCUT2D eigenvalue weighted by Gasteiger charge is 2.09. The smallest absolute Gasteiger partial charge is 0.331 e. The molecule has 2 aromatic rings. The fourth-order valence-corrected chi connectivity index (χ4v) is 2.58. The Balaban J connectivity index is 1.79. The van der Waals surface area contributed by atoms with E-state index in [-0.39, 0.29) is 25.0 Å². The Kier molecular flexibility index (Phi) is 8.94. The fraction of sp³-hybridized carbons (Fsp3) is 0.261. The van der Waals surface area contributed by atoms with E-state index in [0.29, 0.717) is 23.6 Å². The Morgan fingerprint density at radius 2 is 1.93 bits per heavy atom. The summed E-state index contributed by atoms with van der Waals surface area (Å²) in [6, 6.07) is 16.7. The molecule has 2 rings (SSSR count). The lowest BCUT2D eigenvalue weighted by Crippen LogP contribution is -2.31. The quantitative estimate of drug-likeness (QED) is 0.479. The number of methoxy groups -OCH3 is 1. The molecule has 1 atom stereocenters. The number of hydrogen-bond acceptors (Lipinski definition) is 6. The molecule has 7 heteroatoms. The number of hydrogen-bond donors (Lipinski definition) is 1. The van der Waals surface area contributed by atoms with Crippen LogP contribution in [0.4, 0.5) is 0 Å². The highest BCUT2D eigenvalue weighted by molar-refractivity contribution is 5.89. The maximum absolute atomic E-state index is 11.9. The zero-order chi connectivity index (χ0) is 21.8. The van der Waals surface area contributed by atoms with Gasteiger partial charge in [-0.3, -0.25) is 4.79 Å². The molecule has 0 saturated carbocycles.